The first-order valence-corrected chi connectivity index (χ1v) is 9.50. The van der Waals surface area contributed by atoms with E-state index in [1.807, 2.05) is 0 Å². The minimum Gasteiger partial charge on any atom is -0.338 e. The maximum Gasteiger partial charge on any atom is 0.240 e. The van der Waals surface area contributed by atoms with Crippen LogP contribution in [0.5, 0.6) is 0 Å². The molecule has 2 aliphatic rings. The van der Waals surface area contributed by atoms with Gasteiger partial charge in [0, 0.05) is 52.4 Å². The second-order valence-electron chi connectivity index (χ2n) is 7.28. The molecule has 27 heavy (non-hydrogen) atoms. The molecular weight excluding hydrogens is 364 g/mol. The van der Waals surface area contributed by atoms with E-state index in [0.717, 1.165) is 70.6 Å². The number of hydrogen-bond acceptors (Lipinski definition) is 7. The summed E-state index contributed by atoms with van der Waals surface area (Å²) in [5.41, 5.74) is 1.38. The molecule has 1 unspecified atom stereocenters. The molecule has 1 aromatic heterocycles. The van der Waals surface area contributed by atoms with E-state index < -0.39 is 0 Å². The quantitative estimate of drug-likeness (QED) is 0.824. The van der Waals surface area contributed by atoms with Gasteiger partial charge in [0.05, 0.1) is 12.6 Å². The van der Waals surface area contributed by atoms with E-state index in [2.05, 4.69) is 67.5 Å². The molecule has 0 amide bonds. The number of aromatic nitrogens is 2. The summed E-state index contributed by atoms with van der Waals surface area (Å²) < 4.78 is 5.52. The van der Waals surface area contributed by atoms with E-state index in [4.69, 9.17) is 4.52 Å². The van der Waals surface area contributed by atoms with Gasteiger partial charge >= 0.3 is 0 Å². The lowest BCUT2D eigenvalue weighted by Crippen LogP contribution is -2.45. The minimum absolute atomic E-state index is 0. The summed E-state index contributed by atoms with van der Waals surface area (Å²) in [6.07, 6.45) is 0. The highest BCUT2D eigenvalue weighted by Gasteiger charge is 2.26. The third kappa shape index (κ3) is 5.27. The van der Waals surface area contributed by atoms with E-state index >= 15 is 0 Å². The molecule has 2 aromatic rings. The Bertz CT molecular complexity index is 689. The van der Waals surface area contributed by atoms with Crippen LogP contribution in [0, 0.1) is 0 Å². The number of benzene rings is 1. The van der Waals surface area contributed by atoms with Gasteiger partial charge < -0.3 is 9.84 Å². The Hall–Kier alpha value is -1.51. The van der Waals surface area contributed by atoms with Crippen LogP contribution in [0.4, 0.5) is 0 Å². The number of nitrogens with zero attached hydrogens (tertiary/aromatic N) is 5. The molecule has 7 nitrogen and oxygen atoms in total. The SMILES string of the molecule is CN1CCNCC1c1noc(CN2CCN(Cc3ccccc3)CC2)n1.Cl. The van der Waals surface area contributed by atoms with Gasteiger partial charge in [0.1, 0.15) is 0 Å². The Morgan fingerprint density at radius 2 is 1.74 bits per heavy atom. The maximum absolute atomic E-state index is 5.52. The fourth-order valence-electron chi connectivity index (χ4n) is 3.70. The van der Waals surface area contributed by atoms with E-state index in [1.54, 1.807) is 0 Å². The molecule has 1 aromatic carbocycles. The third-order valence-electron chi connectivity index (χ3n) is 5.37. The van der Waals surface area contributed by atoms with Gasteiger partial charge in [-0.25, -0.2) is 0 Å². The van der Waals surface area contributed by atoms with Crippen LogP contribution in [0.15, 0.2) is 34.9 Å². The summed E-state index contributed by atoms with van der Waals surface area (Å²) in [4.78, 5) is 11.8. The fraction of sp³-hybridized carbons (Fsp3) is 0.579. The average molecular weight is 393 g/mol. The molecule has 148 valence electrons. The van der Waals surface area contributed by atoms with Crippen LogP contribution in [0.25, 0.3) is 0 Å². The Labute approximate surface area is 167 Å². The van der Waals surface area contributed by atoms with Gasteiger partial charge in [-0.1, -0.05) is 35.5 Å². The number of nitrogens with one attached hydrogen (secondary N) is 1. The van der Waals surface area contributed by atoms with E-state index in [-0.39, 0.29) is 18.4 Å². The summed E-state index contributed by atoms with van der Waals surface area (Å²) in [5, 5.41) is 7.62. The Morgan fingerprint density at radius 1 is 1.04 bits per heavy atom. The minimum atomic E-state index is 0. The largest absolute Gasteiger partial charge is 0.338 e. The summed E-state index contributed by atoms with van der Waals surface area (Å²) >= 11 is 0. The molecule has 0 spiro atoms. The van der Waals surface area contributed by atoms with Crippen molar-refractivity contribution in [2.24, 2.45) is 0 Å². The van der Waals surface area contributed by atoms with Crippen molar-refractivity contribution in [2.75, 3.05) is 52.9 Å². The topological polar surface area (TPSA) is 60.7 Å². The van der Waals surface area contributed by atoms with Crippen LogP contribution < -0.4 is 5.32 Å². The maximum atomic E-state index is 5.52. The van der Waals surface area contributed by atoms with Gasteiger partial charge in [0.25, 0.3) is 0 Å². The highest BCUT2D eigenvalue weighted by atomic mass is 35.5. The number of piperazine rings is 2. The van der Waals surface area contributed by atoms with Gasteiger partial charge in [-0.05, 0) is 12.6 Å². The molecule has 0 aliphatic carbocycles. The van der Waals surface area contributed by atoms with Crippen LogP contribution in [-0.4, -0.2) is 77.7 Å². The van der Waals surface area contributed by atoms with Crippen molar-refractivity contribution in [3.8, 4) is 0 Å². The van der Waals surface area contributed by atoms with Crippen LogP contribution in [0.2, 0.25) is 0 Å². The lowest BCUT2D eigenvalue weighted by Gasteiger charge is -2.33. The number of rotatable bonds is 5. The van der Waals surface area contributed by atoms with Gasteiger partial charge in [-0.15, -0.1) is 12.4 Å². The zero-order valence-corrected chi connectivity index (χ0v) is 16.7. The van der Waals surface area contributed by atoms with Crippen molar-refractivity contribution in [3.63, 3.8) is 0 Å². The van der Waals surface area contributed by atoms with Crippen LogP contribution in [0.3, 0.4) is 0 Å². The van der Waals surface area contributed by atoms with Crippen molar-refractivity contribution in [1.82, 2.24) is 30.2 Å². The molecule has 2 aliphatic heterocycles. The molecular formula is C19H29ClN6O. The van der Waals surface area contributed by atoms with E-state index in [1.165, 1.54) is 5.56 Å². The second-order valence-corrected chi connectivity index (χ2v) is 7.28. The van der Waals surface area contributed by atoms with Gasteiger partial charge in [0.15, 0.2) is 5.82 Å². The van der Waals surface area contributed by atoms with Crippen molar-refractivity contribution in [3.05, 3.63) is 47.6 Å². The van der Waals surface area contributed by atoms with Crippen LogP contribution in [0.1, 0.15) is 23.3 Å². The monoisotopic (exact) mass is 392 g/mol. The molecule has 0 bridgehead atoms. The molecule has 0 saturated carbocycles. The normalized spacial score (nSPS) is 22.5. The summed E-state index contributed by atoms with van der Waals surface area (Å²) in [5.74, 6) is 1.54. The van der Waals surface area contributed by atoms with E-state index in [0.29, 0.717) is 0 Å². The van der Waals surface area contributed by atoms with Crippen LogP contribution in [-0.2, 0) is 13.1 Å². The van der Waals surface area contributed by atoms with Gasteiger partial charge in [0.2, 0.25) is 5.89 Å². The standard InChI is InChI=1S/C19H28N6O.ClH/c1-23-8-7-20-13-17(23)19-21-18(26-22-19)15-25-11-9-24(10-12-25)14-16-5-3-2-4-6-16;/h2-6,17,20H,7-15H2,1H3;1H. The lowest BCUT2D eigenvalue weighted by molar-refractivity contribution is 0.112. The Kier molecular flexibility index (Phi) is 7.20. The zero-order valence-electron chi connectivity index (χ0n) is 15.9. The molecule has 0 radical (unpaired) electrons. The lowest BCUT2D eigenvalue weighted by atomic mass is 10.2. The summed E-state index contributed by atoms with van der Waals surface area (Å²) in [6.45, 7) is 8.91. The molecule has 1 atom stereocenters. The molecule has 1 N–H and O–H groups in total. The summed E-state index contributed by atoms with van der Waals surface area (Å²) in [6, 6.07) is 10.9. The van der Waals surface area contributed by atoms with Gasteiger partial charge in [-0.2, -0.15) is 4.98 Å². The predicted molar refractivity (Wildman–Crippen MR) is 107 cm³/mol. The number of halogens is 1. The molecule has 2 fully saturated rings. The Balaban J connectivity index is 0.00000210. The molecule has 4 rings (SSSR count). The summed E-state index contributed by atoms with van der Waals surface area (Å²) in [7, 11) is 2.12. The van der Waals surface area contributed by atoms with Crippen molar-refractivity contribution in [2.45, 2.75) is 19.1 Å². The fourth-order valence-corrected chi connectivity index (χ4v) is 3.70. The zero-order chi connectivity index (χ0) is 17.8. The smallest absolute Gasteiger partial charge is 0.240 e. The molecule has 3 heterocycles. The molecule has 8 heteroatoms. The first-order valence-electron chi connectivity index (χ1n) is 9.50. The first kappa shape index (κ1) is 20.2. The second kappa shape index (κ2) is 9.61. The average Bonchev–Trinajstić information content (AvgIpc) is 3.13. The van der Waals surface area contributed by atoms with Crippen molar-refractivity contribution < 1.29 is 4.52 Å². The van der Waals surface area contributed by atoms with Crippen molar-refractivity contribution >= 4 is 12.4 Å². The highest BCUT2D eigenvalue weighted by molar-refractivity contribution is 5.85. The van der Waals surface area contributed by atoms with Crippen molar-refractivity contribution in [1.29, 1.82) is 0 Å². The first-order chi connectivity index (χ1) is 12.8. The predicted octanol–water partition coefficient (Wildman–Crippen LogP) is 1.39. The van der Waals surface area contributed by atoms with Gasteiger partial charge in [-0.3, -0.25) is 14.7 Å². The van der Waals surface area contributed by atoms with E-state index in [9.17, 15) is 0 Å². The van der Waals surface area contributed by atoms with Crippen LogP contribution >= 0.6 is 12.4 Å². The third-order valence-corrected chi connectivity index (χ3v) is 5.37. The Morgan fingerprint density at radius 3 is 2.44 bits per heavy atom. The number of likely N-dealkylation sites (N-methyl/N-ethyl adjacent to an activating group) is 1. The molecule has 2 saturated heterocycles. The highest BCUT2D eigenvalue weighted by Crippen LogP contribution is 2.18. The number of hydrogen-bond donors (Lipinski definition) is 1.